The molecule has 2 aliphatic rings. The second kappa shape index (κ2) is 8.61. The molecule has 0 bridgehead atoms. The summed E-state index contributed by atoms with van der Waals surface area (Å²) >= 11 is 18.4. The fourth-order valence-electron chi connectivity index (χ4n) is 4.88. The summed E-state index contributed by atoms with van der Waals surface area (Å²) in [6, 6.07) is 18.8. The van der Waals surface area contributed by atoms with Crippen LogP contribution in [-0.2, 0) is 14.5 Å². The Hall–Kier alpha value is -0.820. The van der Waals surface area contributed by atoms with Crippen molar-refractivity contribution in [1.82, 2.24) is 4.31 Å². The van der Waals surface area contributed by atoms with Crippen LogP contribution in [0, 0.1) is 0 Å². The second-order valence-electron chi connectivity index (χ2n) is 8.16. The standard InChI is InChI=1S/C22H24Cl3NO3S/c23-22(24,25)20(18-11-5-2-6-12-18)29-30(27,28)26-16-19(17-9-3-1-4-10-17)15-21(26)13-7-8-14-21/h1-6,9-12,19-20H,7-8,13-16H2/t19-,20-/m1/s1. The van der Waals surface area contributed by atoms with E-state index in [2.05, 4.69) is 12.1 Å². The van der Waals surface area contributed by atoms with Crippen LogP contribution in [0.4, 0.5) is 0 Å². The summed E-state index contributed by atoms with van der Waals surface area (Å²) < 4.78 is 32.3. The van der Waals surface area contributed by atoms with E-state index < -0.39 is 25.7 Å². The molecule has 1 aliphatic carbocycles. The monoisotopic (exact) mass is 487 g/mol. The average Bonchev–Trinajstić information content (AvgIpc) is 3.35. The molecule has 1 saturated carbocycles. The number of halogens is 3. The maximum atomic E-state index is 13.5. The molecular weight excluding hydrogens is 465 g/mol. The van der Waals surface area contributed by atoms with Gasteiger partial charge in [-0.3, -0.25) is 0 Å². The molecule has 1 heterocycles. The summed E-state index contributed by atoms with van der Waals surface area (Å²) in [6.45, 7) is 0.369. The first-order valence-electron chi connectivity index (χ1n) is 10.1. The molecule has 2 aromatic rings. The van der Waals surface area contributed by atoms with Gasteiger partial charge in [-0.2, -0.15) is 12.7 Å². The first-order valence-corrected chi connectivity index (χ1v) is 12.6. The Bertz CT molecular complexity index is 958. The summed E-state index contributed by atoms with van der Waals surface area (Å²) in [5.41, 5.74) is 1.21. The SMILES string of the molecule is O=S(=O)(O[C@H](c1ccccc1)C(Cl)(Cl)Cl)N1C[C@H](c2ccccc2)CC12CCCC2. The minimum absolute atomic E-state index is 0.116. The van der Waals surface area contributed by atoms with Crippen LogP contribution >= 0.6 is 34.8 Å². The van der Waals surface area contributed by atoms with E-state index in [1.165, 1.54) is 4.31 Å². The molecule has 8 heteroatoms. The van der Waals surface area contributed by atoms with E-state index in [9.17, 15) is 8.42 Å². The topological polar surface area (TPSA) is 46.6 Å². The van der Waals surface area contributed by atoms with Crippen LogP contribution < -0.4 is 0 Å². The molecule has 4 nitrogen and oxygen atoms in total. The first-order chi connectivity index (χ1) is 14.2. The van der Waals surface area contributed by atoms with Crippen molar-refractivity contribution in [2.45, 2.75) is 53.5 Å². The van der Waals surface area contributed by atoms with Gasteiger partial charge in [0.25, 0.3) is 0 Å². The molecule has 1 saturated heterocycles. The van der Waals surface area contributed by atoms with Crippen LogP contribution in [-0.4, -0.2) is 28.6 Å². The van der Waals surface area contributed by atoms with Crippen LogP contribution in [0.5, 0.6) is 0 Å². The van der Waals surface area contributed by atoms with Crippen molar-refractivity contribution in [3.8, 4) is 0 Å². The normalized spacial score (nSPS) is 23.1. The van der Waals surface area contributed by atoms with Gasteiger partial charge < -0.3 is 0 Å². The van der Waals surface area contributed by atoms with Crippen molar-refractivity contribution < 1.29 is 12.6 Å². The minimum atomic E-state index is -4.14. The lowest BCUT2D eigenvalue weighted by Gasteiger charge is -2.35. The predicted molar refractivity (Wildman–Crippen MR) is 121 cm³/mol. The van der Waals surface area contributed by atoms with Crippen molar-refractivity contribution in [1.29, 1.82) is 0 Å². The van der Waals surface area contributed by atoms with E-state index in [1.807, 2.05) is 24.3 Å². The van der Waals surface area contributed by atoms with Crippen molar-refractivity contribution >= 4 is 45.1 Å². The third-order valence-electron chi connectivity index (χ3n) is 6.23. The lowest BCUT2D eigenvalue weighted by atomic mass is 9.88. The fraction of sp³-hybridized carbons (Fsp3) is 0.455. The van der Waals surface area contributed by atoms with Crippen LogP contribution in [0.2, 0.25) is 0 Å². The molecule has 2 fully saturated rings. The summed E-state index contributed by atoms with van der Waals surface area (Å²) in [5.74, 6) is 0.116. The van der Waals surface area contributed by atoms with Crippen molar-refractivity contribution in [2.24, 2.45) is 0 Å². The van der Waals surface area contributed by atoms with Gasteiger partial charge >= 0.3 is 10.3 Å². The summed E-state index contributed by atoms with van der Waals surface area (Å²) in [7, 11) is -4.14. The van der Waals surface area contributed by atoms with Crippen molar-refractivity contribution in [3.05, 3.63) is 71.8 Å². The number of hydrogen-bond acceptors (Lipinski definition) is 3. The van der Waals surface area contributed by atoms with E-state index in [4.69, 9.17) is 39.0 Å². The molecule has 162 valence electrons. The quantitative estimate of drug-likeness (QED) is 0.473. The summed E-state index contributed by atoms with van der Waals surface area (Å²) in [5, 5.41) is 0. The van der Waals surface area contributed by atoms with Crippen molar-refractivity contribution in [2.75, 3.05) is 6.54 Å². The van der Waals surface area contributed by atoms with E-state index in [0.29, 0.717) is 12.1 Å². The van der Waals surface area contributed by atoms with Crippen LogP contribution in [0.15, 0.2) is 60.7 Å². The highest BCUT2D eigenvalue weighted by atomic mass is 35.6. The predicted octanol–water partition coefficient (Wildman–Crippen LogP) is 6.16. The third kappa shape index (κ3) is 4.52. The maximum Gasteiger partial charge on any atom is 0.339 e. The molecule has 0 unspecified atom stereocenters. The summed E-state index contributed by atoms with van der Waals surface area (Å²) in [6.07, 6.45) is 3.19. The van der Waals surface area contributed by atoms with Gasteiger partial charge in [0.1, 0.15) is 0 Å². The molecule has 0 aromatic heterocycles. The lowest BCUT2D eigenvalue weighted by Crippen LogP contribution is -2.46. The number of rotatable bonds is 5. The van der Waals surface area contributed by atoms with Gasteiger partial charge in [-0.25, -0.2) is 4.18 Å². The molecule has 1 spiro atoms. The molecule has 30 heavy (non-hydrogen) atoms. The van der Waals surface area contributed by atoms with Crippen LogP contribution in [0.3, 0.4) is 0 Å². The van der Waals surface area contributed by atoms with E-state index in [-0.39, 0.29) is 5.92 Å². The van der Waals surface area contributed by atoms with Gasteiger partial charge in [-0.15, -0.1) is 0 Å². The van der Waals surface area contributed by atoms with Gasteiger partial charge in [0.05, 0.1) is 0 Å². The molecule has 0 N–H and O–H groups in total. The Kier molecular flexibility index (Phi) is 6.42. The van der Waals surface area contributed by atoms with Gasteiger partial charge in [0.15, 0.2) is 6.10 Å². The second-order valence-corrected chi connectivity index (χ2v) is 12.0. The third-order valence-corrected chi connectivity index (χ3v) is 8.34. The highest BCUT2D eigenvalue weighted by molar-refractivity contribution is 7.84. The van der Waals surface area contributed by atoms with Gasteiger partial charge in [-0.05, 0) is 36.3 Å². The Morgan fingerprint density at radius 2 is 1.53 bits per heavy atom. The fourth-order valence-corrected chi connectivity index (χ4v) is 7.25. The van der Waals surface area contributed by atoms with E-state index in [1.54, 1.807) is 24.3 Å². The minimum Gasteiger partial charge on any atom is -0.245 e. The zero-order valence-corrected chi connectivity index (χ0v) is 19.5. The number of benzene rings is 2. The van der Waals surface area contributed by atoms with E-state index in [0.717, 1.165) is 37.7 Å². The zero-order chi connectivity index (χ0) is 21.4. The van der Waals surface area contributed by atoms with Crippen LogP contribution in [0.25, 0.3) is 0 Å². The van der Waals surface area contributed by atoms with E-state index >= 15 is 0 Å². The highest BCUT2D eigenvalue weighted by Gasteiger charge is 2.54. The molecule has 0 radical (unpaired) electrons. The van der Waals surface area contributed by atoms with Crippen LogP contribution in [0.1, 0.15) is 55.3 Å². The maximum absolute atomic E-state index is 13.5. The molecule has 0 amide bonds. The average molecular weight is 489 g/mol. The molecule has 2 aromatic carbocycles. The molecule has 2 atom stereocenters. The Balaban J connectivity index is 1.66. The van der Waals surface area contributed by atoms with Gasteiger partial charge in [0, 0.05) is 12.1 Å². The number of nitrogens with zero attached hydrogens (tertiary/aromatic N) is 1. The number of hydrogen-bond donors (Lipinski definition) is 0. The number of alkyl halides is 3. The van der Waals surface area contributed by atoms with Crippen molar-refractivity contribution in [3.63, 3.8) is 0 Å². The molecular formula is C22H24Cl3NO3S. The van der Waals surface area contributed by atoms with Gasteiger partial charge in [-0.1, -0.05) is 108 Å². The molecule has 4 rings (SSSR count). The molecule has 1 aliphatic heterocycles. The smallest absolute Gasteiger partial charge is 0.245 e. The Morgan fingerprint density at radius 3 is 2.10 bits per heavy atom. The first kappa shape index (κ1) is 22.4. The largest absolute Gasteiger partial charge is 0.339 e. The summed E-state index contributed by atoms with van der Waals surface area (Å²) in [4.78, 5) is 0. The van der Waals surface area contributed by atoms with Gasteiger partial charge in [0.2, 0.25) is 3.79 Å². The Morgan fingerprint density at radius 1 is 0.967 bits per heavy atom. The lowest BCUT2D eigenvalue weighted by molar-refractivity contribution is 0.159. The highest BCUT2D eigenvalue weighted by Crippen LogP contribution is 2.51. The Labute approximate surface area is 193 Å². The zero-order valence-electron chi connectivity index (χ0n) is 16.4.